The number of hydrogen-bond acceptors (Lipinski definition) is 8. The summed E-state index contributed by atoms with van der Waals surface area (Å²) in [5.41, 5.74) is 0. The maximum Gasteiger partial charge on any atom is 0.119 e. The molecule has 0 saturated carbocycles. The summed E-state index contributed by atoms with van der Waals surface area (Å²) in [6, 6.07) is 10.0. The van der Waals surface area contributed by atoms with Gasteiger partial charge in [0.05, 0.1) is 59.5 Å². The Morgan fingerprint density at radius 1 is 0.562 bits per heavy atom. The number of aliphatic hydroxyl groups excluding tert-OH is 4. The van der Waals surface area contributed by atoms with Crippen molar-refractivity contribution in [3.05, 3.63) is 30.3 Å². The molecule has 0 heterocycles. The highest BCUT2D eigenvalue weighted by Gasteiger charge is 1.91. The van der Waals surface area contributed by atoms with Gasteiger partial charge in [0.15, 0.2) is 0 Å². The fraction of sp³-hybridized carbons (Fsp3) is 0.750. The fourth-order valence-electron chi connectivity index (χ4n) is 1.90. The van der Waals surface area contributed by atoms with Crippen LogP contribution >= 0.6 is 0 Å². The van der Waals surface area contributed by atoms with E-state index < -0.39 is 0 Å². The van der Waals surface area contributed by atoms with Crippen molar-refractivity contribution < 1.29 is 39.4 Å². The molecule has 32 heavy (non-hydrogen) atoms. The summed E-state index contributed by atoms with van der Waals surface area (Å²) in [6.45, 7) is 10.1. The van der Waals surface area contributed by atoms with Gasteiger partial charge < -0.3 is 39.4 Å². The van der Waals surface area contributed by atoms with Crippen LogP contribution in [0.4, 0.5) is 0 Å². The van der Waals surface area contributed by atoms with Gasteiger partial charge in [0, 0.05) is 13.2 Å². The van der Waals surface area contributed by atoms with E-state index in [1.54, 1.807) is 0 Å². The van der Waals surface area contributed by atoms with Gasteiger partial charge in [0.2, 0.25) is 0 Å². The molecule has 0 aliphatic rings. The molecule has 1 aromatic rings. The average molecular weight is 465 g/mol. The number of aliphatic hydroxyl groups is 4. The monoisotopic (exact) mass is 464 g/mol. The number of benzene rings is 1. The Kier molecular flexibility index (Phi) is 40.9. The largest absolute Gasteiger partial charge is 0.494 e. The van der Waals surface area contributed by atoms with Crippen molar-refractivity contribution in [1.82, 2.24) is 0 Å². The van der Waals surface area contributed by atoms with Crippen molar-refractivity contribution >= 4 is 0 Å². The summed E-state index contributed by atoms with van der Waals surface area (Å²) in [4.78, 5) is 0. The second-order valence-corrected chi connectivity index (χ2v) is 6.12. The lowest BCUT2D eigenvalue weighted by molar-refractivity contribution is 0.0649. The van der Waals surface area contributed by atoms with Crippen molar-refractivity contribution in [3.8, 4) is 5.75 Å². The molecule has 1 aromatic carbocycles. The molecule has 0 aliphatic carbocycles. The molecule has 8 heteroatoms. The standard InChI is InChI=1S/C12H18O.2C4H10O3.C4H10O/c1-2-3-4-8-11-13-12-9-6-5-7-10-12;2*5-1-3-7-4-2-6;1-3-5-4-2/h5-7,9-10H,2-4,8,11H2,1H3;2*5-6H,1-4H2;3-4H2,1-2H3. The van der Waals surface area contributed by atoms with Gasteiger partial charge in [-0.3, -0.25) is 0 Å². The van der Waals surface area contributed by atoms with Crippen LogP contribution in [-0.4, -0.2) is 93.1 Å². The molecule has 0 unspecified atom stereocenters. The molecule has 0 atom stereocenters. The van der Waals surface area contributed by atoms with Crippen molar-refractivity contribution in [2.45, 2.75) is 46.5 Å². The summed E-state index contributed by atoms with van der Waals surface area (Å²) in [5, 5.41) is 32.3. The summed E-state index contributed by atoms with van der Waals surface area (Å²) in [5.74, 6) is 0.985. The quantitative estimate of drug-likeness (QED) is 0.276. The lowest BCUT2D eigenvalue weighted by Crippen LogP contribution is -2.03. The predicted octanol–water partition coefficient (Wildman–Crippen LogP) is 2.66. The predicted molar refractivity (Wildman–Crippen MR) is 128 cm³/mol. The number of unbranched alkanes of at least 4 members (excludes halogenated alkanes) is 3. The Hall–Kier alpha value is -1.26. The maximum absolute atomic E-state index is 8.09. The van der Waals surface area contributed by atoms with Crippen molar-refractivity contribution in [1.29, 1.82) is 0 Å². The first kappa shape index (κ1) is 35.3. The Morgan fingerprint density at radius 3 is 1.38 bits per heavy atom. The first-order valence-corrected chi connectivity index (χ1v) is 11.5. The van der Waals surface area contributed by atoms with Crippen LogP contribution in [0.2, 0.25) is 0 Å². The van der Waals surface area contributed by atoms with Crippen LogP contribution in [-0.2, 0) is 14.2 Å². The molecule has 8 nitrogen and oxygen atoms in total. The van der Waals surface area contributed by atoms with Crippen LogP contribution in [0.3, 0.4) is 0 Å². The molecule has 0 radical (unpaired) electrons. The Bertz CT molecular complexity index is 373. The van der Waals surface area contributed by atoms with E-state index in [2.05, 4.69) is 16.4 Å². The summed E-state index contributed by atoms with van der Waals surface area (Å²) in [7, 11) is 0. The van der Waals surface area contributed by atoms with E-state index in [-0.39, 0.29) is 26.4 Å². The third-order valence-corrected chi connectivity index (χ3v) is 3.36. The molecule has 192 valence electrons. The van der Waals surface area contributed by atoms with E-state index in [4.69, 9.17) is 29.9 Å². The second-order valence-electron chi connectivity index (χ2n) is 6.12. The molecule has 0 bridgehead atoms. The lowest BCUT2D eigenvalue weighted by atomic mass is 10.2. The third-order valence-electron chi connectivity index (χ3n) is 3.36. The minimum atomic E-state index is 0.0278. The highest BCUT2D eigenvalue weighted by molar-refractivity contribution is 5.20. The first-order chi connectivity index (χ1) is 15.7. The van der Waals surface area contributed by atoms with E-state index >= 15 is 0 Å². The Balaban J connectivity index is -0.000000381. The molecular formula is C24H48O8. The SMILES string of the molecule is CCCCCCOc1ccccc1.CCOCC.OCCOCCO.OCCOCCO. The molecule has 0 amide bonds. The van der Waals surface area contributed by atoms with E-state index in [1.807, 2.05) is 44.2 Å². The number of rotatable bonds is 16. The third kappa shape index (κ3) is 39.2. The molecule has 4 N–H and O–H groups in total. The van der Waals surface area contributed by atoms with Gasteiger partial charge in [-0.25, -0.2) is 0 Å². The second kappa shape index (κ2) is 37.1. The van der Waals surface area contributed by atoms with Gasteiger partial charge >= 0.3 is 0 Å². The van der Waals surface area contributed by atoms with Gasteiger partial charge in [0.1, 0.15) is 5.75 Å². The van der Waals surface area contributed by atoms with Gasteiger partial charge in [-0.2, -0.15) is 0 Å². The van der Waals surface area contributed by atoms with E-state index in [1.165, 1.54) is 25.7 Å². The van der Waals surface area contributed by atoms with Crippen molar-refractivity contribution in [3.63, 3.8) is 0 Å². The van der Waals surface area contributed by atoms with E-state index in [9.17, 15) is 0 Å². The molecule has 0 fully saturated rings. The number of ether oxygens (including phenoxy) is 4. The number of hydrogen-bond donors (Lipinski definition) is 4. The van der Waals surface area contributed by atoms with Crippen LogP contribution in [0, 0.1) is 0 Å². The zero-order valence-electron chi connectivity index (χ0n) is 20.4. The molecule has 0 aliphatic heterocycles. The summed E-state index contributed by atoms with van der Waals surface area (Å²) >= 11 is 0. The molecule has 0 spiro atoms. The van der Waals surface area contributed by atoms with Gasteiger partial charge in [-0.05, 0) is 32.4 Å². The van der Waals surface area contributed by atoms with Gasteiger partial charge in [-0.15, -0.1) is 0 Å². The minimum Gasteiger partial charge on any atom is -0.494 e. The minimum absolute atomic E-state index is 0.0278. The zero-order chi connectivity index (χ0) is 24.5. The highest BCUT2D eigenvalue weighted by atomic mass is 16.5. The van der Waals surface area contributed by atoms with Crippen molar-refractivity contribution in [2.75, 3.05) is 72.7 Å². The molecule has 0 aromatic heterocycles. The molecular weight excluding hydrogens is 416 g/mol. The average Bonchev–Trinajstić information content (AvgIpc) is 2.82. The Morgan fingerprint density at radius 2 is 1.03 bits per heavy atom. The van der Waals surface area contributed by atoms with Gasteiger partial charge in [-0.1, -0.05) is 44.4 Å². The zero-order valence-corrected chi connectivity index (χ0v) is 20.4. The van der Waals surface area contributed by atoms with Crippen LogP contribution < -0.4 is 4.74 Å². The van der Waals surface area contributed by atoms with Gasteiger partial charge in [0.25, 0.3) is 0 Å². The maximum atomic E-state index is 8.09. The smallest absolute Gasteiger partial charge is 0.119 e. The molecule has 1 rings (SSSR count). The normalized spacial score (nSPS) is 9.47. The molecule has 0 saturated heterocycles. The van der Waals surface area contributed by atoms with Crippen LogP contribution in [0.25, 0.3) is 0 Å². The Labute approximate surface area is 195 Å². The fourth-order valence-corrected chi connectivity index (χ4v) is 1.90. The lowest BCUT2D eigenvalue weighted by Gasteiger charge is -2.04. The van der Waals surface area contributed by atoms with Crippen LogP contribution in [0.5, 0.6) is 5.75 Å². The van der Waals surface area contributed by atoms with E-state index in [0.29, 0.717) is 26.4 Å². The first-order valence-electron chi connectivity index (χ1n) is 11.5. The van der Waals surface area contributed by atoms with Crippen molar-refractivity contribution in [2.24, 2.45) is 0 Å². The topological polar surface area (TPSA) is 118 Å². The van der Waals surface area contributed by atoms with Crippen LogP contribution in [0.1, 0.15) is 46.5 Å². The number of para-hydroxylation sites is 1. The summed E-state index contributed by atoms with van der Waals surface area (Å²) < 4.78 is 19.6. The summed E-state index contributed by atoms with van der Waals surface area (Å²) in [6.07, 6.45) is 5.05. The van der Waals surface area contributed by atoms with E-state index in [0.717, 1.165) is 25.6 Å². The highest BCUT2D eigenvalue weighted by Crippen LogP contribution is 2.09. The van der Waals surface area contributed by atoms with Crippen LogP contribution in [0.15, 0.2) is 30.3 Å².